The lowest BCUT2D eigenvalue weighted by Gasteiger charge is -2.07. The third-order valence-corrected chi connectivity index (χ3v) is 2.86. The first kappa shape index (κ1) is 11.9. The topological polar surface area (TPSA) is 42.2 Å². The molecule has 2 rings (SSSR count). The molecule has 1 heterocycles. The fraction of sp³-hybridized carbons (Fsp3) is 0.0833. The number of rotatable bonds is 2. The molecule has 17 heavy (non-hydrogen) atoms. The van der Waals surface area contributed by atoms with Gasteiger partial charge >= 0.3 is 5.97 Å². The second-order valence-electron chi connectivity index (χ2n) is 3.65. The summed E-state index contributed by atoms with van der Waals surface area (Å²) in [5, 5.41) is 9.05. The van der Waals surface area contributed by atoms with Gasteiger partial charge in [-0.2, -0.15) is 0 Å². The van der Waals surface area contributed by atoms with Gasteiger partial charge in [-0.25, -0.2) is 9.18 Å². The smallest absolute Gasteiger partial charge is 0.352 e. The van der Waals surface area contributed by atoms with Gasteiger partial charge in [-0.15, -0.1) is 0 Å². The molecule has 0 aliphatic carbocycles. The van der Waals surface area contributed by atoms with Crippen molar-refractivity contribution in [2.75, 3.05) is 0 Å². The molecule has 1 aromatic heterocycles. The fourth-order valence-electron chi connectivity index (χ4n) is 1.59. The van der Waals surface area contributed by atoms with Gasteiger partial charge in [0.05, 0.1) is 0 Å². The highest BCUT2D eigenvalue weighted by Crippen LogP contribution is 2.21. The maximum atomic E-state index is 13.1. The van der Waals surface area contributed by atoms with Crippen LogP contribution in [0.2, 0.25) is 0 Å². The minimum Gasteiger partial charge on any atom is -0.477 e. The summed E-state index contributed by atoms with van der Waals surface area (Å²) in [6, 6.07) is 5.97. The summed E-state index contributed by atoms with van der Waals surface area (Å²) < 4.78 is 15.3. The first-order valence-electron chi connectivity index (χ1n) is 4.87. The molecule has 0 spiro atoms. The van der Waals surface area contributed by atoms with Crippen LogP contribution in [0.25, 0.3) is 5.69 Å². The van der Waals surface area contributed by atoms with E-state index in [4.69, 9.17) is 5.11 Å². The number of nitrogens with zero attached hydrogens (tertiary/aromatic N) is 1. The van der Waals surface area contributed by atoms with Crippen LogP contribution in [-0.2, 0) is 0 Å². The number of carboxylic acids is 1. The Morgan fingerprint density at radius 2 is 2.12 bits per heavy atom. The lowest BCUT2D eigenvalue weighted by Crippen LogP contribution is -2.05. The van der Waals surface area contributed by atoms with E-state index >= 15 is 0 Å². The largest absolute Gasteiger partial charge is 0.477 e. The Kier molecular flexibility index (Phi) is 3.02. The standard InChI is InChI=1S/C12H9BrFNO2/c1-7-4-9(2-3-10(7)14)15-6-8(13)5-11(15)12(16)17/h2-6H,1H3,(H,16,17). The Labute approximate surface area is 106 Å². The number of halogens is 2. The van der Waals surface area contributed by atoms with Crippen molar-refractivity contribution in [2.24, 2.45) is 0 Å². The summed E-state index contributed by atoms with van der Waals surface area (Å²) in [7, 11) is 0. The van der Waals surface area contributed by atoms with E-state index in [0.717, 1.165) is 0 Å². The van der Waals surface area contributed by atoms with Gasteiger partial charge in [0.15, 0.2) is 0 Å². The van der Waals surface area contributed by atoms with Crippen molar-refractivity contribution in [1.82, 2.24) is 4.57 Å². The molecule has 0 aliphatic heterocycles. The molecule has 0 atom stereocenters. The Balaban J connectivity index is 2.59. The molecule has 0 saturated carbocycles. The van der Waals surface area contributed by atoms with E-state index in [9.17, 15) is 9.18 Å². The number of aryl methyl sites for hydroxylation is 1. The summed E-state index contributed by atoms with van der Waals surface area (Å²) in [5.74, 6) is -1.34. The zero-order valence-corrected chi connectivity index (χ0v) is 10.5. The van der Waals surface area contributed by atoms with E-state index in [1.807, 2.05) is 0 Å². The molecule has 2 aromatic rings. The van der Waals surface area contributed by atoms with E-state index in [-0.39, 0.29) is 11.5 Å². The van der Waals surface area contributed by atoms with Crippen molar-refractivity contribution in [2.45, 2.75) is 6.92 Å². The van der Waals surface area contributed by atoms with Gasteiger partial charge in [-0.1, -0.05) is 0 Å². The summed E-state index contributed by atoms with van der Waals surface area (Å²) >= 11 is 3.22. The molecule has 5 heteroatoms. The number of hydrogen-bond donors (Lipinski definition) is 1. The molecule has 0 fully saturated rings. The van der Waals surface area contributed by atoms with Crippen molar-refractivity contribution in [3.05, 3.63) is 52.0 Å². The minimum atomic E-state index is -1.03. The van der Waals surface area contributed by atoms with E-state index in [2.05, 4.69) is 15.9 Å². The molecule has 0 radical (unpaired) electrons. The number of benzene rings is 1. The van der Waals surface area contributed by atoms with E-state index in [1.54, 1.807) is 25.3 Å². The second kappa shape index (κ2) is 4.33. The van der Waals surface area contributed by atoms with Crippen molar-refractivity contribution in [1.29, 1.82) is 0 Å². The number of hydrogen-bond acceptors (Lipinski definition) is 1. The normalized spacial score (nSPS) is 10.5. The van der Waals surface area contributed by atoms with Crippen LogP contribution in [-0.4, -0.2) is 15.6 Å². The van der Waals surface area contributed by atoms with Crippen LogP contribution in [0.15, 0.2) is 34.9 Å². The molecule has 0 aliphatic rings. The third kappa shape index (κ3) is 2.24. The molecule has 88 valence electrons. The van der Waals surface area contributed by atoms with Gasteiger partial charge in [-0.3, -0.25) is 0 Å². The highest BCUT2D eigenvalue weighted by Gasteiger charge is 2.13. The zero-order chi connectivity index (χ0) is 12.6. The molecule has 0 amide bonds. The van der Waals surface area contributed by atoms with Crippen LogP contribution in [0.1, 0.15) is 16.1 Å². The van der Waals surface area contributed by atoms with Crippen LogP contribution in [0, 0.1) is 12.7 Å². The van der Waals surface area contributed by atoms with Gasteiger partial charge in [0.1, 0.15) is 11.5 Å². The Hall–Kier alpha value is -1.62. The van der Waals surface area contributed by atoms with E-state index in [1.165, 1.54) is 16.7 Å². The molecule has 0 unspecified atom stereocenters. The molecule has 0 saturated heterocycles. The Bertz CT molecular complexity index is 592. The number of aromatic nitrogens is 1. The highest BCUT2D eigenvalue weighted by atomic mass is 79.9. The average Bonchev–Trinajstić information content (AvgIpc) is 2.64. The number of aromatic carboxylic acids is 1. The molecule has 1 aromatic carbocycles. The van der Waals surface area contributed by atoms with Crippen molar-refractivity contribution in [3.8, 4) is 5.69 Å². The van der Waals surface area contributed by atoms with E-state index in [0.29, 0.717) is 15.7 Å². The van der Waals surface area contributed by atoms with Crippen LogP contribution in [0.4, 0.5) is 4.39 Å². The SMILES string of the molecule is Cc1cc(-n2cc(Br)cc2C(=O)O)ccc1F. The lowest BCUT2D eigenvalue weighted by atomic mass is 10.2. The zero-order valence-electron chi connectivity index (χ0n) is 8.95. The van der Waals surface area contributed by atoms with E-state index < -0.39 is 5.97 Å². The first-order valence-corrected chi connectivity index (χ1v) is 5.66. The van der Waals surface area contributed by atoms with Crippen molar-refractivity contribution in [3.63, 3.8) is 0 Å². The maximum absolute atomic E-state index is 13.1. The number of carbonyl (C=O) groups is 1. The van der Waals surface area contributed by atoms with Crippen LogP contribution < -0.4 is 0 Å². The summed E-state index contributed by atoms with van der Waals surface area (Å²) in [4.78, 5) is 11.0. The first-order chi connectivity index (χ1) is 7.99. The van der Waals surface area contributed by atoms with Gasteiger partial charge in [0.25, 0.3) is 0 Å². The number of carboxylic acid groups (broad SMARTS) is 1. The van der Waals surface area contributed by atoms with Gasteiger partial charge in [-0.05, 0) is 52.7 Å². The second-order valence-corrected chi connectivity index (χ2v) is 4.57. The van der Waals surface area contributed by atoms with Crippen molar-refractivity contribution >= 4 is 21.9 Å². The minimum absolute atomic E-state index is 0.128. The van der Waals surface area contributed by atoms with Gasteiger partial charge in [0, 0.05) is 16.4 Å². The summed E-state index contributed by atoms with van der Waals surface area (Å²) in [6.45, 7) is 1.64. The molecular weight excluding hydrogens is 289 g/mol. The lowest BCUT2D eigenvalue weighted by molar-refractivity contribution is 0.0688. The third-order valence-electron chi connectivity index (χ3n) is 2.43. The van der Waals surface area contributed by atoms with Crippen LogP contribution in [0.5, 0.6) is 0 Å². The van der Waals surface area contributed by atoms with Gasteiger partial charge < -0.3 is 9.67 Å². The van der Waals surface area contributed by atoms with Gasteiger partial charge in [0.2, 0.25) is 0 Å². The molecular formula is C12H9BrFNO2. The van der Waals surface area contributed by atoms with Crippen LogP contribution >= 0.6 is 15.9 Å². The molecule has 3 nitrogen and oxygen atoms in total. The quantitative estimate of drug-likeness (QED) is 0.923. The molecule has 0 bridgehead atoms. The molecule has 1 N–H and O–H groups in total. The maximum Gasteiger partial charge on any atom is 0.352 e. The summed E-state index contributed by atoms with van der Waals surface area (Å²) in [6.07, 6.45) is 1.64. The Morgan fingerprint density at radius 3 is 2.71 bits per heavy atom. The monoisotopic (exact) mass is 297 g/mol. The van der Waals surface area contributed by atoms with Crippen LogP contribution in [0.3, 0.4) is 0 Å². The average molecular weight is 298 g/mol. The Morgan fingerprint density at radius 1 is 1.41 bits per heavy atom. The predicted molar refractivity (Wildman–Crippen MR) is 65.1 cm³/mol. The summed E-state index contributed by atoms with van der Waals surface area (Å²) in [5.41, 5.74) is 1.22. The fourth-order valence-corrected chi connectivity index (χ4v) is 2.01. The van der Waals surface area contributed by atoms with Crippen molar-refractivity contribution < 1.29 is 14.3 Å². The predicted octanol–water partition coefficient (Wildman–Crippen LogP) is 3.39. The highest BCUT2D eigenvalue weighted by molar-refractivity contribution is 9.10.